The summed E-state index contributed by atoms with van der Waals surface area (Å²) in [4.78, 5) is 16.1. The lowest BCUT2D eigenvalue weighted by Crippen LogP contribution is -2.00. The Labute approximate surface area is 183 Å². The van der Waals surface area contributed by atoms with Crippen molar-refractivity contribution < 1.29 is 14.6 Å². The van der Waals surface area contributed by atoms with Crippen LogP contribution in [0.3, 0.4) is 0 Å². The van der Waals surface area contributed by atoms with Crippen LogP contribution in [0.2, 0.25) is 0 Å². The molecule has 1 heterocycles. The highest BCUT2D eigenvalue weighted by Crippen LogP contribution is 2.32. The van der Waals surface area contributed by atoms with E-state index in [2.05, 4.69) is 66.9 Å². The minimum Gasteiger partial charge on any atom is -0.487 e. The average molecular weight is 597 g/mol. The molecule has 0 amide bonds. The molecule has 138 valence electrons. The van der Waals surface area contributed by atoms with Gasteiger partial charge in [0.25, 0.3) is 0 Å². The Kier molecular flexibility index (Phi) is 8.41. The van der Waals surface area contributed by atoms with Crippen molar-refractivity contribution in [3.63, 3.8) is 0 Å². The van der Waals surface area contributed by atoms with Crippen LogP contribution in [0.25, 0.3) is 6.08 Å². The fourth-order valence-electron chi connectivity index (χ4n) is 2.00. The lowest BCUT2D eigenvalue weighted by molar-refractivity contribution is -0.131. The maximum absolute atomic E-state index is 11.6. The van der Waals surface area contributed by atoms with Gasteiger partial charge in [-0.2, -0.15) is 0 Å². The first-order valence-electron chi connectivity index (χ1n) is 7.71. The van der Waals surface area contributed by atoms with Gasteiger partial charge in [-0.25, -0.2) is 9.78 Å². The molecule has 2 aromatic rings. The zero-order valence-corrected chi connectivity index (χ0v) is 19.1. The minimum atomic E-state index is -1.02. The van der Waals surface area contributed by atoms with Crippen molar-refractivity contribution in [2.24, 2.45) is 0 Å². The van der Waals surface area contributed by atoms with Gasteiger partial charge >= 0.3 is 5.97 Å². The Bertz CT molecular complexity index is 813. The molecule has 0 aliphatic rings. The first-order valence-corrected chi connectivity index (χ1v) is 10.7. The molecule has 0 fully saturated rings. The molecule has 26 heavy (non-hydrogen) atoms. The Morgan fingerprint density at radius 1 is 1.42 bits per heavy atom. The summed E-state index contributed by atoms with van der Waals surface area (Å²) in [5.74, 6) is 0.507. The van der Waals surface area contributed by atoms with Gasteiger partial charge in [0, 0.05) is 6.42 Å². The summed E-state index contributed by atoms with van der Waals surface area (Å²) >= 11 is 5.38. The van der Waals surface area contributed by atoms with E-state index in [1.54, 1.807) is 12.2 Å². The number of aromatic amines is 1. The number of carboxylic acid groups (broad SMARTS) is 1. The predicted octanol–water partition coefficient (Wildman–Crippen LogP) is 4.75. The van der Waals surface area contributed by atoms with Crippen molar-refractivity contribution in [3.8, 4) is 5.75 Å². The first-order chi connectivity index (χ1) is 12.4. The van der Waals surface area contributed by atoms with Crippen LogP contribution < -0.4 is 4.74 Å². The zero-order chi connectivity index (χ0) is 19.1. The fourth-order valence-corrected chi connectivity index (χ4v) is 4.85. The first kappa shape index (κ1) is 21.2. The van der Waals surface area contributed by atoms with Crippen LogP contribution in [0, 0.1) is 7.14 Å². The lowest BCUT2D eigenvalue weighted by atomic mass is 10.2. The fraction of sp³-hybridized carbons (Fsp3) is 0.235. The second-order valence-electron chi connectivity index (χ2n) is 5.14. The number of aryl methyl sites for hydroxylation is 1. The number of carboxylic acids is 1. The van der Waals surface area contributed by atoms with E-state index in [1.165, 1.54) is 0 Å². The SMILES string of the molecule is C=CCOc1c(I)cc(/C=C(\Sc2n[nH]c(CCC)n2)C(=O)O)cc1I. The smallest absolute Gasteiger partial charge is 0.342 e. The number of rotatable bonds is 9. The molecule has 1 aromatic heterocycles. The Morgan fingerprint density at radius 2 is 2.12 bits per heavy atom. The van der Waals surface area contributed by atoms with Crippen molar-refractivity contribution in [2.75, 3.05) is 6.61 Å². The third-order valence-electron chi connectivity index (χ3n) is 3.07. The highest BCUT2D eigenvalue weighted by molar-refractivity contribution is 14.1. The predicted molar refractivity (Wildman–Crippen MR) is 119 cm³/mol. The number of aliphatic carboxylic acids is 1. The summed E-state index contributed by atoms with van der Waals surface area (Å²) < 4.78 is 7.45. The van der Waals surface area contributed by atoms with Crippen LogP contribution in [0.1, 0.15) is 24.7 Å². The molecular formula is C17H17I2N3O3S. The number of carbonyl (C=O) groups is 1. The van der Waals surface area contributed by atoms with Gasteiger partial charge in [-0.15, -0.1) is 5.10 Å². The molecule has 0 unspecified atom stereocenters. The van der Waals surface area contributed by atoms with Crippen molar-refractivity contribution in [3.05, 3.63) is 48.2 Å². The standard InChI is InChI=1S/C17H17I2N3O3S/c1-3-5-14-20-17(22-21-14)26-13(16(23)24)9-10-7-11(18)15(12(19)8-10)25-6-4-2/h4,7-9H,2-3,5-6H2,1H3,(H,23,24)(H,20,21,22)/b13-9-. The second-order valence-corrected chi connectivity index (χ2v) is 8.48. The number of ether oxygens (including phenoxy) is 1. The summed E-state index contributed by atoms with van der Waals surface area (Å²) in [5, 5.41) is 16.8. The Hall–Kier alpha value is -1.08. The summed E-state index contributed by atoms with van der Waals surface area (Å²) in [6.45, 7) is 6.11. The molecule has 0 saturated heterocycles. The number of H-pyrrole nitrogens is 1. The molecule has 0 bridgehead atoms. The van der Waals surface area contributed by atoms with Gasteiger partial charge in [0.1, 0.15) is 23.1 Å². The third kappa shape index (κ3) is 5.98. The number of hydrogen-bond acceptors (Lipinski definition) is 5. The number of thioether (sulfide) groups is 1. The van der Waals surface area contributed by atoms with Crippen LogP contribution in [-0.2, 0) is 11.2 Å². The normalized spacial score (nSPS) is 11.4. The summed E-state index contributed by atoms with van der Waals surface area (Å²) in [6.07, 6.45) is 5.02. The van der Waals surface area contributed by atoms with Crippen molar-refractivity contribution in [1.82, 2.24) is 15.2 Å². The maximum Gasteiger partial charge on any atom is 0.342 e. The number of nitrogens with zero attached hydrogens (tertiary/aromatic N) is 2. The summed E-state index contributed by atoms with van der Waals surface area (Å²) in [6, 6.07) is 3.76. The number of halogens is 2. The Balaban J connectivity index is 2.27. The second kappa shape index (κ2) is 10.3. The van der Waals surface area contributed by atoms with Gasteiger partial charge in [-0.3, -0.25) is 5.10 Å². The van der Waals surface area contributed by atoms with E-state index in [0.717, 1.165) is 48.9 Å². The quantitative estimate of drug-likeness (QED) is 0.188. The zero-order valence-electron chi connectivity index (χ0n) is 14.0. The van der Waals surface area contributed by atoms with Crippen LogP contribution in [-0.4, -0.2) is 32.9 Å². The minimum absolute atomic E-state index is 0.151. The van der Waals surface area contributed by atoms with E-state index in [0.29, 0.717) is 11.8 Å². The van der Waals surface area contributed by atoms with Crippen LogP contribution >= 0.6 is 56.9 Å². The molecule has 0 spiro atoms. The Morgan fingerprint density at radius 3 is 2.69 bits per heavy atom. The van der Waals surface area contributed by atoms with Gasteiger partial charge in [0.15, 0.2) is 0 Å². The van der Waals surface area contributed by atoms with Crippen molar-refractivity contribution in [2.45, 2.75) is 24.9 Å². The highest BCUT2D eigenvalue weighted by Gasteiger charge is 2.15. The molecule has 0 atom stereocenters. The monoisotopic (exact) mass is 597 g/mol. The van der Waals surface area contributed by atoms with Gasteiger partial charge in [0.05, 0.1) is 7.14 Å². The number of nitrogens with one attached hydrogen (secondary N) is 1. The van der Waals surface area contributed by atoms with E-state index < -0.39 is 5.97 Å². The van der Waals surface area contributed by atoms with Gasteiger partial charge in [0.2, 0.25) is 5.16 Å². The molecule has 9 heteroatoms. The lowest BCUT2D eigenvalue weighted by Gasteiger charge is -2.10. The van der Waals surface area contributed by atoms with Crippen LogP contribution in [0.15, 0.2) is 34.8 Å². The van der Waals surface area contributed by atoms with E-state index >= 15 is 0 Å². The maximum atomic E-state index is 11.6. The van der Waals surface area contributed by atoms with Gasteiger partial charge in [-0.1, -0.05) is 19.6 Å². The molecule has 0 aliphatic heterocycles. The molecule has 2 N–H and O–H groups in total. The number of aromatic nitrogens is 3. The van der Waals surface area contributed by atoms with E-state index in [1.807, 2.05) is 19.1 Å². The van der Waals surface area contributed by atoms with Crippen molar-refractivity contribution in [1.29, 1.82) is 0 Å². The summed E-state index contributed by atoms with van der Waals surface area (Å²) in [5.41, 5.74) is 0.777. The van der Waals surface area contributed by atoms with E-state index in [9.17, 15) is 9.90 Å². The average Bonchev–Trinajstić information content (AvgIpc) is 3.01. The molecule has 0 aliphatic carbocycles. The topological polar surface area (TPSA) is 88.1 Å². The van der Waals surface area contributed by atoms with Crippen molar-refractivity contribution >= 4 is 69.0 Å². The molecule has 0 saturated carbocycles. The van der Waals surface area contributed by atoms with E-state index in [-0.39, 0.29) is 4.91 Å². The molecule has 2 rings (SSSR count). The third-order valence-corrected chi connectivity index (χ3v) is 5.55. The summed E-state index contributed by atoms with van der Waals surface area (Å²) in [7, 11) is 0. The molecular weight excluding hydrogens is 580 g/mol. The van der Waals surface area contributed by atoms with Gasteiger partial charge < -0.3 is 9.84 Å². The van der Waals surface area contributed by atoms with E-state index in [4.69, 9.17) is 4.74 Å². The largest absolute Gasteiger partial charge is 0.487 e. The molecule has 0 radical (unpaired) electrons. The van der Waals surface area contributed by atoms with Crippen LogP contribution in [0.4, 0.5) is 0 Å². The number of benzene rings is 1. The van der Waals surface area contributed by atoms with Crippen LogP contribution in [0.5, 0.6) is 5.75 Å². The van der Waals surface area contributed by atoms with Gasteiger partial charge in [-0.05, 0) is 87.1 Å². The molecule has 6 nitrogen and oxygen atoms in total. The number of hydrogen-bond donors (Lipinski definition) is 2. The highest BCUT2D eigenvalue weighted by atomic mass is 127. The molecule has 1 aromatic carbocycles.